The van der Waals surface area contributed by atoms with E-state index < -0.39 is 18.9 Å². The van der Waals surface area contributed by atoms with Crippen LogP contribution in [-0.4, -0.2) is 46.2 Å². The molecular weight excluding hydrogens is 274 g/mol. The number of aliphatic hydroxyl groups is 1. The number of nitrogens with zero attached hydrogens (tertiary/aromatic N) is 1. The van der Waals surface area contributed by atoms with Crippen molar-refractivity contribution in [3.05, 3.63) is 24.0 Å². The molecule has 1 amide bonds. The van der Waals surface area contributed by atoms with Crippen LogP contribution in [0.25, 0.3) is 0 Å². The first-order valence-corrected chi connectivity index (χ1v) is 7.16. The van der Waals surface area contributed by atoms with E-state index in [-0.39, 0.29) is 23.6 Å². The van der Waals surface area contributed by atoms with Crippen LogP contribution in [0.1, 0.15) is 17.4 Å². The molecule has 0 aliphatic heterocycles. The molecule has 7 heteroatoms. The monoisotopic (exact) mass is 292 g/mol. The van der Waals surface area contributed by atoms with Gasteiger partial charge in [-0.05, 0) is 25.3 Å². The van der Waals surface area contributed by atoms with Crippen molar-refractivity contribution in [3.63, 3.8) is 0 Å². The van der Waals surface area contributed by atoms with Crippen molar-refractivity contribution in [2.45, 2.75) is 31.2 Å². The molecule has 4 nitrogen and oxygen atoms in total. The third-order valence-corrected chi connectivity index (χ3v) is 3.96. The highest BCUT2D eigenvalue weighted by molar-refractivity contribution is 7.99. The maximum atomic E-state index is 12.4. The standard InChI is InChI=1S/C12H18F2N2O2S/c1-8(10(7-17)19-2)15-12(18)9-4-3-5-16(9)6-11(13)14/h3-5,8,10-11,17H,6-7H2,1-2H3,(H,15,18). The summed E-state index contributed by atoms with van der Waals surface area (Å²) in [6.07, 6.45) is 0.778. The molecule has 1 heterocycles. The van der Waals surface area contributed by atoms with Gasteiger partial charge in [0.05, 0.1) is 13.2 Å². The van der Waals surface area contributed by atoms with Gasteiger partial charge in [0.25, 0.3) is 12.3 Å². The zero-order chi connectivity index (χ0) is 14.4. The first-order chi connectivity index (χ1) is 8.99. The molecule has 19 heavy (non-hydrogen) atoms. The topological polar surface area (TPSA) is 54.3 Å². The summed E-state index contributed by atoms with van der Waals surface area (Å²) in [7, 11) is 0. The third-order valence-electron chi connectivity index (χ3n) is 2.80. The van der Waals surface area contributed by atoms with Crippen molar-refractivity contribution < 1.29 is 18.7 Å². The molecule has 108 valence electrons. The minimum atomic E-state index is -2.51. The molecule has 2 atom stereocenters. The molecular formula is C12H18F2N2O2S. The molecule has 0 saturated heterocycles. The number of carbonyl (C=O) groups is 1. The summed E-state index contributed by atoms with van der Waals surface area (Å²) in [5, 5.41) is 11.7. The number of aromatic nitrogens is 1. The summed E-state index contributed by atoms with van der Waals surface area (Å²) >= 11 is 1.44. The molecule has 0 radical (unpaired) electrons. The van der Waals surface area contributed by atoms with Crippen LogP contribution < -0.4 is 5.32 Å². The van der Waals surface area contributed by atoms with Crippen LogP contribution in [0.5, 0.6) is 0 Å². The number of carbonyl (C=O) groups excluding carboxylic acids is 1. The lowest BCUT2D eigenvalue weighted by molar-refractivity contribution is 0.0913. The van der Waals surface area contributed by atoms with Gasteiger partial charge in [0, 0.05) is 17.5 Å². The van der Waals surface area contributed by atoms with Crippen molar-refractivity contribution in [2.75, 3.05) is 12.9 Å². The number of alkyl halides is 2. The first kappa shape index (κ1) is 16.0. The van der Waals surface area contributed by atoms with Crippen LogP contribution in [0.4, 0.5) is 8.78 Å². The fourth-order valence-corrected chi connectivity index (χ4v) is 2.36. The number of rotatable bonds is 7. The average molecular weight is 292 g/mol. The second-order valence-electron chi connectivity index (χ2n) is 4.16. The van der Waals surface area contributed by atoms with Crippen molar-refractivity contribution in [1.29, 1.82) is 0 Å². The molecule has 2 unspecified atom stereocenters. The predicted octanol–water partition coefficient (Wildman–Crippen LogP) is 1.60. The number of thioether (sulfide) groups is 1. The van der Waals surface area contributed by atoms with Gasteiger partial charge in [-0.3, -0.25) is 4.79 Å². The minimum Gasteiger partial charge on any atom is -0.395 e. The third kappa shape index (κ3) is 4.50. The fourth-order valence-electron chi connectivity index (χ4n) is 1.74. The molecule has 0 bridgehead atoms. The Bertz CT molecular complexity index is 408. The van der Waals surface area contributed by atoms with Crippen LogP contribution >= 0.6 is 11.8 Å². The maximum Gasteiger partial charge on any atom is 0.268 e. The molecule has 1 rings (SSSR count). The highest BCUT2D eigenvalue weighted by atomic mass is 32.2. The summed E-state index contributed by atoms with van der Waals surface area (Å²) in [4.78, 5) is 12.0. The molecule has 2 N–H and O–H groups in total. The summed E-state index contributed by atoms with van der Waals surface area (Å²) < 4.78 is 25.9. The Hall–Kier alpha value is -1.08. The Morgan fingerprint density at radius 2 is 2.26 bits per heavy atom. The van der Waals surface area contributed by atoms with Gasteiger partial charge in [-0.2, -0.15) is 11.8 Å². The first-order valence-electron chi connectivity index (χ1n) is 5.87. The molecule has 0 aromatic carbocycles. The van der Waals surface area contributed by atoms with Gasteiger partial charge in [-0.1, -0.05) is 0 Å². The van der Waals surface area contributed by atoms with Crippen molar-refractivity contribution in [2.24, 2.45) is 0 Å². The van der Waals surface area contributed by atoms with Gasteiger partial charge >= 0.3 is 0 Å². The fraction of sp³-hybridized carbons (Fsp3) is 0.583. The van der Waals surface area contributed by atoms with Gasteiger partial charge in [0.15, 0.2) is 0 Å². The second kappa shape index (κ2) is 7.49. The highest BCUT2D eigenvalue weighted by Crippen LogP contribution is 2.12. The lowest BCUT2D eigenvalue weighted by Crippen LogP contribution is -2.42. The molecule has 0 aliphatic rings. The van der Waals surface area contributed by atoms with Crippen LogP contribution in [-0.2, 0) is 6.54 Å². The van der Waals surface area contributed by atoms with Crippen LogP contribution in [0.2, 0.25) is 0 Å². The smallest absolute Gasteiger partial charge is 0.268 e. The van der Waals surface area contributed by atoms with Gasteiger partial charge < -0.3 is 15.0 Å². The number of aliphatic hydroxyl groups excluding tert-OH is 1. The summed E-state index contributed by atoms with van der Waals surface area (Å²) in [5.74, 6) is -0.411. The van der Waals surface area contributed by atoms with E-state index >= 15 is 0 Å². The van der Waals surface area contributed by atoms with Gasteiger partial charge in [-0.15, -0.1) is 0 Å². The van der Waals surface area contributed by atoms with E-state index in [1.54, 1.807) is 13.0 Å². The van der Waals surface area contributed by atoms with Gasteiger partial charge in [0.2, 0.25) is 0 Å². The van der Waals surface area contributed by atoms with E-state index in [9.17, 15) is 13.6 Å². The normalized spacial score (nSPS) is 14.4. The zero-order valence-electron chi connectivity index (χ0n) is 10.8. The number of halogens is 2. The van der Waals surface area contributed by atoms with Gasteiger partial charge in [0.1, 0.15) is 5.69 Å². The molecule has 0 spiro atoms. The van der Waals surface area contributed by atoms with Crippen LogP contribution in [0, 0.1) is 0 Å². The van der Waals surface area contributed by atoms with E-state index in [0.29, 0.717) is 0 Å². The predicted molar refractivity (Wildman–Crippen MR) is 71.8 cm³/mol. The SMILES string of the molecule is CSC(CO)C(C)NC(=O)c1cccn1CC(F)F. The Balaban J connectivity index is 2.70. The van der Waals surface area contributed by atoms with E-state index in [2.05, 4.69) is 5.32 Å². The number of nitrogens with one attached hydrogen (secondary N) is 1. The summed E-state index contributed by atoms with van der Waals surface area (Å²) in [5.41, 5.74) is 0.199. The maximum absolute atomic E-state index is 12.4. The average Bonchev–Trinajstić information content (AvgIpc) is 2.77. The van der Waals surface area contributed by atoms with Crippen molar-refractivity contribution >= 4 is 17.7 Å². The largest absolute Gasteiger partial charge is 0.395 e. The number of amides is 1. The molecule has 0 fully saturated rings. The van der Waals surface area contributed by atoms with E-state index in [1.165, 1.54) is 28.6 Å². The molecule has 1 aromatic heterocycles. The number of hydrogen-bond acceptors (Lipinski definition) is 3. The lowest BCUT2D eigenvalue weighted by atomic mass is 10.2. The van der Waals surface area contributed by atoms with E-state index in [0.717, 1.165) is 0 Å². The van der Waals surface area contributed by atoms with E-state index in [1.807, 2.05) is 6.26 Å². The van der Waals surface area contributed by atoms with E-state index in [4.69, 9.17) is 5.11 Å². The van der Waals surface area contributed by atoms with Gasteiger partial charge in [-0.25, -0.2) is 8.78 Å². The zero-order valence-corrected chi connectivity index (χ0v) is 11.7. The van der Waals surface area contributed by atoms with Crippen LogP contribution in [0.15, 0.2) is 18.3 Å². The van der Waals surface area contributed by atoms with Crippen molar-refractivity contribution in [1.82, 2.24) is 9.88 Å². The lowest BCUT2D eigenvalue weighted by Gasteiger charge is -2.21. The summed E-state index contributed by atoms with van der Waals surface area (Å²) in [6, 6.07) is 2.81. The number of hydrogen-bond donors (Lipinski definition) is 2. The van der Waals surface area contributed by atoms with Crippen LogP contribution in [0.3, 0.4) is 0 Å². The Kier molecular flexibility index (Phi) is 6.30. The Morgan fingerprint density at radius 1 is 1.58 bits per heavy atom. The highest BCUT2D eigenvalue weighted by Gasteiger charge is 2.20. The quantitative estimate of drug-likeness (QED) is 0.802. The Morgan fingerprint density at radius 3 is 2.79 bits per heavy atom. The molecule has 0 saturated carbocycles. The molecule has 1 aromatic rings. The second-order valence-corrected chi connectivity index (χ2v) is 5.23. The van der Waals surface area contributed by atoms with Crippen molar-refractivity contribution in [3.8, 4) is 0 Å². The summed E-state index contributed by atoms with van der Waals surface area (Å²) in [6.45, 7) is 1.21. The minimum absolute atomic E-state index is 0.0549. The Labute approximate surface area is 115 Å². The molecule has 0 aliphatic carbocycles.